The van der Waals surface area contributed by atoms with Crippen LogP contribution in [0, 0.1) is 11.7 Å². The number of fused-ring (bicyclic) bond motifs is 1. The molecule has 0 unspecified atom stereocenters. The third-order valence-electron chi connectivity index (χ3n) is 3.74. The molecule has 2 aromatic rings. The number of hydrogen-bond acceptors (Lipinski definition) is 3. The molecule has 0 atom stereocenters. The predicted molar refractivity (Wildman–Crippen MR) is 85.6 cm³/mol. The third-order valence-corrected chi connectivity index (χ3v) is 5.00. The van der Waals surface area contributed by atoms with Crippen molar-refractivity contribution < 1.29 is 0 Å². The Kier molecular flexibility index (Phi) is 3.96. The predicted octanol–water partition coefficient (Wildman–Crippen LogP) is 3.06. The van der Waals surface area contributed by atoms with Crippen molar-refractivity contribution in [3.63, 3.8) is 0 Å². The van der Waals surface area contributed by atoms with Crippen molar-refractivity contribution >= 4 is 35.0 Å². The molecule has 3 rings (SSSR count). The van der Waals surface area contributed by atoms with Gasteiger partial charge in [0.25, 0.3) is 0 Å². The average Bonchev–Trinajstić information content (AvgIpc) is 2.75. The van der Waals surface area contributed by atoms with Gasteiger partial charge in [-0.25, -0.2) is 0 Å². The molecule has 0 saturated carbocycles. The Hall–Kier alpha value is -0.780. The SMILES string of the molecule is Cc1cccc2[nH]c(=S)n(CCN3CCSCC3)c12. The number of H-pyrrole nitrogens is 1. The Morgan fingerprint density at radius 2 is 2.05 bits per heavy atom. The molecule has 19 heavy (non-hydrogen) atoms. The molecule has 0 spiro atoms. The molecule has 1 aromatic carbocycles. The maximum Gasteiger partial charge on any atom is 0.178 e. The number of aromatic nitrogens is 2. The van der Waals surface area contributed by atoms with Gasteiger partial charge in [-0.05, 0) is 30.8 Å². The van der Waals surface area contributed by atoms with Crippen LogP contribution in [-0.2, 0) is 6.54 Å². The molecule has 5 heteroatoms. The van der Waals surface area contributed by atoms with E-state index in [9.17, 15) is 0 Å². The fraction of sp³-hybridized carbons (Fsp3) is 0.500. The maximum atomic E-state index is 5.46. The van der Waals surface area contributed by atoms with Crippen LogP contribution in [0.5, 0.6) is 0 Å². The molecule has 1 saturated heterocycles. The summed E-state index contributed by atoms with van der Waals surface area (Å²) in [6.07, 6.45) is 0. The molecule has 0 radical (unpaired) electrons. The zero-order chi connectivity index (χ0) is 13.2. The van der Waals surface area contributed by atoms with Crippen LogP contribution in [-0.4, -0.2) is 45.6 Å². The summed E-state index contributed by atoms with van der Waals surface area (Å²) in [5, 5.41) is 0. The molecule has 0 amide bonds. The van der Waals surface area contributed by atoms with Crippen LogP contribution < -0.4 is 0 Å². The van der Waals surface area contributed by atoms with Gasteiger partial charge in [0.1, 0.15) is 0 Å². The molecule has 3 nitrogen and oxygen atoms in total. The third kappa shape index (κ3) is 2.73. The van der Waals surface area contributed by atoms with E-state index in [1.54, 1.807) is 0 Å². The fourth-order valence-corrected chi connectivity index (χ4v) is 3.95. The number of aromatic amines is 1. The lowest BCUT2D eigenvalue weighted by atomic mass is 10.2. The quantitative estimate of drug-likeness (QED) is 0.880. The summed E-state index contributed by atoms with van der Waals surface area (Å²) in [4.78, 5) is 5.85. The van der Waals surface area contributed by atoms with Crippen LogP contribution in [0.25, 0.3) is 11.0 Å². The van der Waals surface area contributed by atoms with E-state index in [0.717, 1.165) is 23.4 Å². The van der Waals surface area contributed by atoms with Gasteiger partial charge in [0, 0.05) is 37.7 Å². The van der Waals surface area contributed by atoms with Gasteiger partial charge in [-0.15, -0.1) is 0 Å². The standard InChI is InChI=1S/C14H19N3S2/c1-11-3-2-4-12-13(11)17(14(18)15-12)6-5-16-7-9-19-10-8-16/h2-4H,5-10H2,1H3,(H,15,18). The number of benzene rings is 1. The van der Waals surface area contributed by atoms with Crippen molar-refractivity contribution in [1.82, 2.24) is 14.5 Å². The molecular weight excluding hydrogens is 274 g/mol. The number of rotatable bonds is 3. The minimum absolute atomic E-state index is 0.843. The minimum atomic E-state index is 0.843. The Labute approximate surface area is 123 Å². The lowest BCUT2D eigenvalue weighted by Crippen LogP contribution is -2.35. The number of aryl methyl sites for hydroxylation is 1. The van der Waals surface area contributed by atoms with Crippen molar-refractivity contribution in [3.05, 3.63) is 28.5 Å². The summed E-state index contributed by atoms with van der Waals surface area (Å²) >= 11 is 7.52. The van der Waals surface area contributed by atoms with Crippen LogP contribution in [0.15, 0.2) is 18.2 Å². The molecule has 1 fully saturated rings. The second-order valence-corrected chi connectivity index (χ2v) is 6.62. The Morgan fingerprint density at radius 1 is 1.26 bits per heavy atom. The van der Waals surface area contributed by atoms with Crippen molar-refractivity contribution in [3.8, 4) is 0 Å². The lowest BCUT2D eigenvalue weighted by molar-refractivity contribution is 0.290. The topological polar surface area (TPSA) is 24.0 Å². The summed E-state index contributed by atoms with van der Waals surface area (Å²) in [5.74, 6) is 2.52. The van der Waals surface area contributed by atoms with Gasteiger partial charge in [0.2, 0.25) is 0 Å². The summed E-state index contributed by atoms with van der Waals surface area (Å²) in [7, 11) is 0. The summed E-state index contributed by atoms with van der Waals surface area (Å²) in [6.45, 7) is 6.64. The highest BCUT2D eigenvalue weighted by atomic mass is 32.2. The molecule has 1 N–H and O–H groups in total. The molecule has 102 valence electrons. The first-order valence-electron chi connectivity index (χ1n) is 6.74. The average molecular weight is 293 g/mol. The number of hydrogen-bond donors (Lipinski definition) is 1. The highest BCUT2D eigenvalue weighted by Crippen LogP contribution is 2.18. The van der Waals surface area contributed by atoms with Gasteiger partial charge >= 0.3 is 0 Å². The van der Waals surface area contributed by atoms with E-state index >= 15 is 0 Å². The van der Waals surface area contributed by atoms with Crippen molar-refractivity contribution in [1.29, 1.82) is 0 Å². The van der Waals surface area contributed by atoms with E-state index in [1.165, 1.54) is 35.7 Å². The summed E-state index contributed by atoms with van der Waals surface area (Å²) < 4.78 is 3.09. The smallest absolute Gasteiger partial charge is 0.178 e. The van der Waals surface area contributed by atoms with Gasteiger partial charge in [0.15, 0.2) is 4.77 Å². The fourth-order valence-electron chi connectivity index (χ4n) is 2.68. The molecule has 0 aliphatic carbocycles. The van der Waals surface area contributed by atoms with Crippen LogP contribution in [0.4, 0.5) is 0 Å². The van der Waals surface area contributed by atoms with Crippen molar-refractivity contribution in [2.45, 2.75) is 13.5 Å². The van der Waals surface area contributed by atoms with Gasteiger partial charge in [-0.2, -0.15) is 11.8 Å². The zero-order valence-electron chi connectivity index (χ0n) is 11.2. The Bertz CT molecular complexity index is 623. The van der Waals surface area contributed by atoms with Gasteiger partial charge in [0.05, 0.1) is 11.0 Å². The first-order valence-corrected chi connectivity index (χ1v) is 8.30. The first-order chi connectivity index (χ1) is 9.25. The molecular formula is C14H19N3S2. The maximum absolute atomic E-state index is 5.46. The second kappa shape index (κ2) is 5.69. The number of thioether (sulfide) groups is 1. The highest BCUT2D eigenvalue weighted by molar-refractivity contribution is 7.99. The van der Waals surface area contributed by atoms with E-state index in [1.807, 2.05) is 0 Å². The normalized spacial score (nSPS) is 17.1. The Morgan fingerprint density at radius 3 is 2.84 bits per heavy atom. The molecule has 1 aliphatic heterocycles. The number of imidazole rings is 1. The van der Waals surface area contributed by atoms with Crippen molar-refractivity contribution in [2.24, 2.45) is 0 Å². The Balaban J connectivity index is 1.84. The lowest BCUT2D eigenvalue weighted by Gasteiger charge is -2.26. The monoisotopic (exact) mass is 293 g/mol. The second-order valence-electron chi connectivity index (χ2n) is 5.01. The van der Waals surface area contributed by atoms with Crippen molar-refractivity contribution in [2.75, 3.05) is 31.1 Å². The van der Waals surface area contributed by atoms with Crippen LogP contribution in [0.2, 0.25) is 0 Å². The van der Waals surface area contributed by atoms with Gasteiger partial charge < -0.3 is 9.55 Å². The molecule has 1 aromatic heterocycles. The zero-order valence-corrected chi connectivity index (χ0v) is 12.8. The van der Waals surface area contributed by atoms with E-state index in [4.69, 9.17) is 12.2 Å². The summed E-state index contributed by atoms with van der Waals surface area (Å²) in [5.41, 5.74) is 3.71. The van der Waals surface area contributed by atoms with E-state index < -0.39 is 0 Å². The van der Waals surface area contributed by atoms with E-state index in [-0.39, 0.29) is 0 Å². The van der Waals surface area contributed by atoms with Crippen LogP contribution in [0.1, 0.15) is 5.56 Å². The van der Waals surface area contributed by atoms with E-state index in [2.05, 4.69) is 51.3 Å². The van der Waals surface area contributed by atoms with Gasteiger partial charge in [-0.1, -0.05) is 12.1 Å². The number of nitrogens with zero attached hydrogens (tertiary/aromatic N) is 2. The first kappa shape index (κ1) is 13.2. The molecule has 1 aliphatic rings. The molecule has 0 bridgehead atoms. The largest absolute Gasteiger partial charge is 0.331 e. The number of para-hydroxylation sites is 1. The highest BCUT2D eigenvalue weighted by Gasteiger charge is 2.12. The van der Waals surface area contributed by atoms with Crippen LogP contribution >= 0.6 is 24.0 Å². The number of nitrogens with one attached hydrogen (secondary N) is 1. The molecule has 2 heterocycles. The van der Waals surface area contributed by atoms with Crippen LogP contribution in [0.3, 0.4) is 0 Å². The minimum Gasteiger partial charge on any atom is -0.331 e. The van der Waals surface area contributed by atoms with Gasteiger partial charge in [-0.3, -0.25) is 4.90 Å². The van der Waals surface area contributed by atoms with E-state index in [0.29, 0.717) is 0 Å². The summed E-state index contributed by atoms with van der Waals surface area (Å²) in [6, 6.07) is 6.33.